The maximum Gasteiger partial charge on any atom is 0.216 e. The predicted octanol–water partition coefficient (Wildman–Crippen LogP) is 2.84. The summed E-state index contributed by atoms with van der Waals surface area (Å²) in [5.41, 5.74) is 0.751. The van der Waals surface area contributed by atoms with Gasteiger partial charge in [0.2, 0.25) is 5.91 Å². The van der Waals surface area contributed by atoms with Gasteiger partial charge in [0.15, 0.2) is 0 Å². The summed E-state index contributed by atoms with van der Waals surface area (Å²) in [4.78, 5) is 10.7. The Balaban J connectivity index is -0.000000579. The van der Waals surface area contributed by atoms with Crippen molar-refractivity contribution in [1.29, 1.82) is 0 Å². The fourth-order valence-corrected chi connectivity index (χ4v) is 1.03. The van der Waals surface area contributed by atoms with E-state index < -0.39 is 6.10 Å². The van der Waals surface area contributed by atoms with Crippen molar-refractivity contribution in [2.45, 2.75) is 40.2 Å². The molecule has 0 aromatic heterocycles. The fourth-order valence-electron chi connectivity index (χ4n) is 1.03. The molecule has 0 saturated heterocycles. The van der Waals surface area contributed by atoms with E-state index in [-0.39, 0.29) is 12.5 Å². The summed E-state index contributed by atoms with van der Waals surface area (Å²) in [5.74, 6) is -0.147. The van der Waals surface area contributed by atoms with E-state index in [0.717, 1.165) is 12.0 Å². The van der Waals surface area contributed by atoms with Crippen molar-refractivity contribution in [2.75, 3.05) is 6.54 Å². The molecule has 0 spiro atoms. The lowest BCUT2D eigenvalue weighted by Crippen LogP contribution is -2.31. The van der Waals surface area contributed by atoms with E-state index in [1.165, 1.54) is 6.92 Å². The highest BCUT2D eigenvalue weighted by atomic mass is 16.3. The van der Waals surface area contributed by atoms with Crippen LogP contribution in [0.5, 0.6) is 0 Å². The molecule has 0 heterocycles. The second-order valence-electron chi connectivity index (χ2n) is 3.17. The van der Waals surface area contributed by atoms with E-state index in [2.05, 4.69) is 24.7 Å². The Bertz CT molecular complexity index is 301. The number of carbonyl (C=O) groups is 1. The molecule has 0 fully saturated rings. The van der Waals surface area contributed by atoms with E-state index in [9.17, 15) is 9.90 Å². The van der Waals surface area contributed by atoms with Gasteiger partial charge in [-0.15, -0.1) is 12.8 Å². The number of hydrogen-bond donors (Lipinski definition) is 2. The third-order valence-electron chi connectivity index (χ3n) is 1.79. The van der Waals surface area contributed by atoms with Crippen LogP contribution in [0.4, 0.5) is 0 Å². The van der Waals surface area contributed by atoms with Crippen LogP contribution < -0.4 is 5.32 Å². The number of aliphatic hydroxyl groups is 1. The number of allylic oxidation sites excluding steroid dienone is 3. The second-order valence-corrected chi connectivity index (χ2v) is 3.17. The zero-order valence-corrected chi connectivity index (χ0v) is 12.5. The van der Waals surface area contributed by atoms with Crippen molar-refractivity contribution in [3.8, 4) is 12.8 Å². The quantitative estimate of drug-likeness (QED) is 0.573. The van der Waals surface area contributed by atoms with Gasteiger partial charge < -0.3 is 10.4 Å². The van der Waals surface area contributed by atoms with Crippen LogP contribution in [0.3, 0.4) is 0 Å². The number of hydrogen-bond acceptors (Lipinski definition) is 2. The Kier molecular flexibility index (Phi) is 21.9. The van der Waals surface area contributed by atoms with Crippen LogP contribution in [0.1, 0.15) is 34.1 Å². The van der Waals surface area contributed by atoms with E-state index >= 15 is 0 Å². The number of rotatable bonds is 6. The van der Waals surface area contributed by atoms with Gasteiger partial charge in [-0.2, -0.15) is 0 Å². The highest BCUT2D eigenvalue weighted by molar-refractivity contribution is 5.72. The predicted molar refractivity (Wildman–Crippen MR) is 83.6 cm³/mol. The summed E-state index contributed by atoms with van der Waals surface area (Å²) in [6.07, 6.45) is 15.4. The molecule has 0 rings (SSSR count). The molecule has 0 bridgehead atoms. The van der Waals surface area contributed by atoms with Crippen LogP contribution >= 0.6 is 0 Å². The van der Waals surface area contributed by atoms with Crippen LogP contribution in [0.2, 0.25) is 0 Å². The van der Waals surface area contributed by atoms with Gasteiger partial charge >= 0.3 is 0 Å². The molecule has 3 nitrogen and oxygen atoms in total. The highest BCUT2D eigenvalue weighted by Gasteiger charge is 2.07. The van der Waals surface area contributed by atoms with Gasteiger partial charge in [-0.05, 0) is 12.0 Å². The van der Waals surface area contributed by atoms with Gasteiger partial charge in [-0.3, -0.25) is 4.79 Å². The maximum absolute atomic E-state index is 10.7. The summed E-state index contributed by atoms with van der Waals surface area (Å²) in [7, 11) is 0. The van der Waals surface area contributed by atoms with Crippen LogP contribution in [0.15, 0.2) is 36.5 Å². The minimum atomic E-state index is -0.685. The molecule has 0 aliphatic carbocycles. The van der Waals surface area contributed by atoms with E-state index in [1.54, 1.807) is 12.2 Å². The highest BCUT2D eigenvalue weighted by Crippen LogP contribution is 2.05. The summed E-state index contributed by atoms with van der Waals surface area (Å²) in [6.45, 7) is 11.2. The second kappa shape index (κ2) is 18.6. The molecule has 0 saturated carbocycles. The maximum atomic E-state index is 10.7. The average Bonchev–Trinajstić information content (AvgIpc) is 2.45. The molecule has 2 N–H and O–H groups in total. The first-order valence-electron chi connectivity index (χ1n) is 6.36. The molecule has 0 aliphatic rings. The van der Waals surface area contributed by atoms with Crippen LogP contribution in [0.25, 0.3) is 0 Å². The van der Waals surface area contributed by atoms with E-state index in [0.29, 0.717) is 0 Å². The minimum Gasteiger partial charge on any atom is -0.387 e. The van der Waals surface area contributed by atoms with Crippen LogP contribution in [-0.4, -0.2) is 23.7 Å². The Morgan fingerprint density at radius 3 is 2.32 bits per heavy atom. The molecule has 0 aliphatic heterocycles. The first kappa shape index (κ1) is 22.4. The van der Waals surface area contributed by atoms with Crippen molar-refractivity contribution in [3.05, 3.63) is 36.5 Å². The normalized spacial score (nSPS) is 11.4. The minimum absolute atomic E-state index is 0.147. The van der Waals surface area contributed by atoms with Crippen LogP contribution in [0, 0.1) is 12.8 Å². The number of aliphatic hydroxyl groups excluding tert-OH is 1. The fraction of sp³-hybridized carbons (Fsp3) is 0.438. The summed E-state index contributed by atoms with van der Waals surface area (Å²) >= 11 is 0. The first-order valence-corrected chi connectivity index (χ1v) is 6.36. The first-order chi connectivity index (χ1) is 9.11. The monoisotopic (exact) mass is 265 g/mol. The average molecular weight is 265 g/mol. The molecule has 0 radical (unpaired) electrons. The molecule has 108 valence electrons. The lowest BCUT2D eigenvalue weighted by atomic mass is 10.1. The largest absolute Gasteiger partial charge is 0.387 e. The van der Waals surface area contributed by atoms with Crippen molar-refractivity contribution < 1.29 is 9.90 Å². The van der Waals surface area contributed by atoms with E-state index in [4.69, 9.17) is 0 Å². The molecule has 3 heteroatoms. The van der Waals surface area contributed by atoms with Gasteiger partial charge in [0.25, 0.3) is 0 Å². The summed E-state index contributed by atoms with van der Waals surface area (Å²) < 4.78 is 0. The number of terminal acetylenes is 1. The number of nitrogens with one attached hydrogen (secondary N) is 1. The topological polar surface area (TPSA) is 49.3 Å². The van der Waals surface area contributed by atoms with Crippen LogP contribution in [-0.2, 0) is 4.79 Å². The zero-order valence-electron chi connectivity index (χ0n) is 12.5. The summed E-state index contributed by atoms with van der Waals surface area (Å²) in [6, 6.07) is 0. The van der Waals surface area contributed by atoms with Crippen molar-refractivity contribution in [1.82, 2.24) is 5.32 Å². The standard InChI is InChI=1S/C12H19NO2.C2H6.C2H2/c1-4-6-8-11(7-5-2)12(15)9-13-10(3)14;2*1-2/h5-8,12,15H,2,4,9H2,1,3H3,(H,13,14);1-2H3;1-2H/b8-6-,11-7+;;/t12-;;/m0../s1. The zero-order chi connectivity index (χ0) is 15.7. The Morgan fingerprint density at radius 2 is 1.95 bits per heavy atom. The molecular weight excluding hydrogens is 238 g/mol. The number of amides is 1. The van der Waals surface area contributed by atoms with Crippen molar-refractivity contribution in [2.24, 2.45) is 0 Å². The Morgan fingerprint density at radius 1 is 1.42 bits per heavy atom. The molecule has 0 aromatic carbocycles. The van der Waals surface area contributed by atoms with Gasteiger partial charge in [-0.25, -0.2) is 0 Å². The van der Waals surface area contributed by atoms with Crippen molar-refractivity contribution >= 4 is 5.91 Å². The van der Waals surface area contributed by atoms with Gasteiger partial charge in [0.1, 0.15) is 0 Å². The molecule has 0 aromatic rings. The van der Waals surface area contributed by atoms with Crippen molar-refractivity contribution in [3.63, 3.8) is 0 Å². The van der Waals surface area contributed by atoms with Gasteiger partial charge in [0, 0.05) is 13.5 Å². The molecule has 0 unspecified atom stereocenters. The smallest absolute Gasteiger partial charge is 0.216 e. The number of carbonyl (C=O) groups excluding carboxylic acids is 1. The third-order valence-corrected chi connectivity index (χ3v) is 1.79. The van der Waals surface area contributed by atoms with E-state index in [1.807, 2.05) is 32.9 Å². The van der Waals surface area contributed by atoms with Gasteiger partial charge in [0.05, 0.1) is 6.10 Å². The lowest BCUT2D eigenvalue weighted by molar-refractivity contribution is -0.119. The Labute approximate surface area is 118 Å². The third kappa shape index (κ3) is 16.2. The molecule has 1 amide bonds. The molecule has 19 heavy (non-hydrogen) atoms. The summed E-state index contributed by atoms with van der Waals surface area (Å²) in [5, 5.41) is 12.3. The Hall–Kier alpha value is -1.79. The lowest BCUT2D eigenvalue weighted by Gasteiger charge is -2.11. The molecule has 1 atom stereocenters. The SMILES string of the molecule is C#C.C=C/C=C(\C=C/CC)[C@@H](O)CNC(C)=O.CC. The van der Waals surface area contributed by atoms with Gasteiger partial charge in [-0.1, -0.05) is 51.7 Å². The molecular formula is C16H27NO2.